The van der Waals surface area contributed by atoms with Gasteiger partial charge in [0.2, 0.25) is 0 Å². The topological polar surface area (TPSA) is 100 Å². The van der Waals surface area contributed by atoms with Crippen LogP contribution in [0.5, 0.6) is 0 Å². The fourth-order valence-electron chi connectivity index (χ4n) is 4.10. The van der Waals surface area contributed by atoms with Crippen molar-refractivity contribution in [1.29, 1.82) is 0 Å². The fraction of sp³-hybridized carbons (Fsp3) is 0.409. The lowest BCUT2D eigenvalue weighted by atomic mass is 9.76. The molecule has 1 aliphatic rings. The average molecular weight is 433 g/mol. The average Bonchev–Trinajstić information content (AvgIpc) is 2.88. The number of benzene rings is 1. The van der Waals surface area contributed by atoms with E-state index in [1.54, 1.807) is 27.8 Å². The lowest BCUT2D eigenvalue weighted by molar-refractivity contribution is -0.121. The Hall–Kier alpha value is -3.07. The number of rotatable bonds is 6. The van der Waals surface area contributed by atoms with Gasteiger partial charge in [0.05, 0.1) is 17.4 Å². The number of halogens is 2. The van der Waals surface area contributed by atoms with Crippen molar-refractivity contribution in [2.45, 2.75) is 51.7 Å². The summed E-state index contributed by atoms with van der Waals surface area (Å²) in [7, 11) is 1.58. The largest absolute Gasteiger partial charge is 0.393 e. The molecular weight excluding hydrogens is 408 g/mol. The highest BCUT2D eigenvalue weighted by Crippen LogP contribution is 2.32. The smallest absolute Gasteiger partial charge is 0.294 e. The molecule has 0 radical (unpaired) electrons. The molecule has 1 aromatic heterocycles. The number of hydrogen-bond acceptors (Lipinski definition) is 4. The highest BCUT2D eigenvalue weighted by Gasteiger charge is 2.42. The van der Waals surface area contributed by atoms with Gasteiger partial charge in [-0.3, -0.25) is 14.4 Å². The van der Waals surface area contributed by atoms with E-state index in [9.17, 15) is 28.3 Å². The molecule has 2 aromatic rings. The van der Waals surface area contributed by atoms with Gasteiger partial charge in [0, 0.05) is 29.5 Å². The van der Waals surface area contributed by atoms with E-state index in [1.165, 1.54) is 28.8 Å². The lowest BCUT2D eigenvalue weighted by Gasteiger charge is -2.42. The molecule has 1 fully saturated rings. The van der Waals surface area contributed by atoms with Crippen molar-refractivity contribution in [2.75, 3.05) is 5.32 Å². The maximum absolute atomic E-state index is 12.9. The minimum absolute atomic E-state index is 0.0740. The second kappa shape index (κ2) is 8.22. The van der Waals surface area contributed by atoms with E-state index in [-0.39, 0.29) is 22.5 Å². The molecule has 1 heterocycles. The number of Topliss-reactive ketones (excluding diaryl/α,β-unsaturated/α-hetero) is 1. The lowest BCUT2D eigenvalue weighted by Crippen LogP contribution is -2.58. The molecule has 3 N–H and O–H groups in total. The Bertz CT molecular complexity index is 1060. The SMILES string of the molecule is Cc1c(C(=O)Nc2cccc(C(F)F)c2)c(C)n(C)c1C(=O)C(=O)N[C@]1(C)C[C@@H](O)C1. The molecule has 7 nitrogen and oxygen atoms in total. The predicted octanol–water partition coefficient (Wildman–Crippen LogP) is 3.04. The zero-order valence-electron chi connectivity index (χ0n) is 17.8. The Morgan fingerprint density at radius 3 is 2.45 bits per heavy atom. The Labute approximate surface area is 178 Å². The van der Waals surface area contributed by atoms with Crippen LogP contribution in [0.4, 0.5) is 14.5 Å². The monoisotopic (exact) mass is 433 g/mol. The highest BCUT2D eigenvalue weighted by molar-refractivity contribution is 6.43. The van der Waals surface area contributed by atoms with Crippen molar-refractivity contribution in [3.63, 3.8) is 0 Å². The molecule has 9 heteroatoms. The second-order valence-electron chi connectivity index (χ2n) is 8.28. The number of aliphatic hydroxyl groups is 1. The van der Waals surface area contributed by atoms with Gasteiger partial charge in [0.1, 0.15) is 0 Å². The van der Waals surface area contributed by atoms with Gasteiger partial charge in [0.25, 0.3) is 24.0 Å². The summed E-state index contributed by atoms with van der Waals surface area (Å²) in [4.78, 5) is 38.2. The van der Waals surface area contributed by atoms with Gasteiger partial charge in [0.15, 0.2) is 0 Å². The van der Waals surface area contributed by atoms with Crippen molar-refractivity contribution in [3.05, 3.63) is 52.3 Å². The summed E-state index contributed by atoms with van der Waals surface area (Å²) in [6, 6.07) is 5.35. The number of amides is 2. The molecule has 1 aromatic carbocycles. The van der Waals surface area contributed by atoms with Crippen molar-refractivity contribution in [1.82, 2.24) is 9.88 Å². The van der Waals surface area contributed by atoms with Crippen LogP contribution in [0.1, 0.15) is 63.9 Å². The molecule has 0 atom stereocenters. The maximum Gasteiger partial charge on any atom is 0.294 e. The summed E-state index contributed by atoms with van der Waals surface area (Å²) in [5.41, 5.74) is 0.393. The van der Waals surface area contributed by atoms with Gasteiger partial charge in [-0.2, -0.15) is 0 Å². The van der Waals surface area contributed by atoms with E-state index < -0.39 is 35.7 Å². The zero-order valence-corrected chi connectivity index (χ0v) is 17.8. The number of nitrogens with zero attached hydrogens (tertiary/aromatic N) is 1. The van der Waals surface area contributed by atoms with E-state index >= 15 is 0 Å². The molecule has 1 saturated carbocycles. The number of carbonyl (C=O) groups excluding carboxylic acids is 3. The number of nitrogens with one attached hydrogen (secondary N) is 2. The fourth-order valence-corrected chi connectivity index (χ4v) is 4.10. The van der Waals surface area contributed by atoms with Crippen LogP contribution in [0.25, 0.3) is 0 Å². The number of aromatic nitrogens is 1. The molecule has 0 spiro atoms. The van der Waals surface area contributed by atoms with Crippen molar-refractivity contribution < 1.29 is 28.3 Å². The van der Waals surface area contributed by atoms with Gasteiger partial charge in [-0.25, -0.2) is 8.78 Å². The van der Waals surface area contributed by atoms with Crippen LogP contribution < -0.4 is 10.6 Å². The Kier molecular flexibility index (Phi) is 6.00. The van der Waals surface area contributed by atoms with Crippen LogP contribution >= 0.6 is 0 Å². The number of anilines is 1. The second-order valence-corrected chi connectivity index (χ2v) is 8.28. The third kappa shape index (κ3) is 4.36. The first-order valence-electron chi connectivity index (χ1n) is 9.84. The van der Waals surface area contributed by atoms with Crippen molar-refractivity contribution >= 4 is 23.3 Å². The van der Waals surface area contributed by atoms with Crippen LogP contribution in [0.2, 0.25) is 0 Å². The Balaban J connectivity index is 1.84. The van der Waals surface area contributed by atoms with E-state index in [1.807, 2.05) is 0 Å². The van der Waals surface area contributed by atoms with E-state index in [0.29, 0.717) is 24.1 Å². The molecule has 166 valence electrons. The van der Waals surface area contributed by atoms with Gasteiger partial charge in [-0.1, -0.05) is 12.1 Å². The molecule has 0 saturated heterocycles. The molecule has 3 rings (SSSR count). The summed E-state index contributed by atoms with van der Waals surface area (Å²) in [6.45, 7) is 4.95. The van der Waals surface area contributed by atoms with E-state index in [4.69, 9.17) is 0 Å². The van der Waals surface area contributed by atoms with Crippen molar-refractivity contribution in [2.24, 2.45) is 7.05 Å². The molecule has 1 aliphatic carbocycles. The molecule has 31 heavy (non-hydrogen) atoms. The number of carbonyl (C=O) groups is 3. The summed E-state index contributed by atoms with van der Waals surface area (Å²) in [6.07, 6.45) is -2.44. The summed E-state index contributed by atoms with van der Waals surface area (Å²) < 4.78 is 27.3. The normalized spacial score (nSPS) is 20.3. The maximum atomic E-state index is 12.9. The number of aliphatic hydroxyl groups excluding tert-OH is 1. The zero-order chi connectivity index (χ0) is 23.1. The third-order valence-electron chi connectivity index (χ3n) is 5.76. The Morgan fingerprint density at radius 1 is 1.23 bits per heavy atom. The van der Waals surface area contributed by atoms with Gasteiger partial charge < -0.3 is 20.3 Å². The van der Waals surface area contributed by atoms with Crippen LogP contribution in [-0.2, 0) is 11.8 Å². The van der Waals surface area contributed by atoms with Crippen molar-refractivity contribution in [3.8, 4) is 0 Å². The van der Waals surface area contributed by atoms with Gasteiger partial charge in [-0.15, -0.1) is 0 Å². The first-order valence-corrected chi connectivity index (χ1v) is 9.84. The quantitative estimate of drug-likeness (QED) is 0.482. The van der Waals surface area contributed by atoms with Gasteiger partial charge >= 0.3 is 0 Å². The van der Waals surface area contributed by atoms with Crippen LogP contribution in [0, 0.1) is 13.8 Å². The molecule has 0 aliphatic heterocycles. The van der Waals surface area contributed by atoms with E-state index in [2.05, 4.69) is 10.6 Å². The molecular formula is C22H25F2N3O4. The van der Waals surface area contributed by atoms with Gasteiger partial charge in [-0.05, 0) is 51.3 Å². The number of ketones is 1. The van der Waals surface area contributed by atoms with Crippen LogP contribution in [0.3, 0.4) is 0 Å². The number of alkyl halides is 2. The minimum Gasteiger partial charge on any atom is -0.393 e. The standard InChI is InChI=1S/C22H25F2N3O4/c1-11-16(20(30)25-14-7-5-6-13(8-14)19(23)24)12(2)27(4)17(11)18(29)21(31)26-22(3)9-15(28)10-22/h5-8,15,19,28H,9-10H2,1-4H3,(H,25,30)(H,26,31)/t15-,22-. The number of hydrogen-bond donors (Lipinski definition) is 3. The molecule has 0 unspecified atom stereocenters. The summed E-state index contributed by atoms with van der Waals surface area (Å²) in [5, 5.41) is 14.7. The molecule has 0 bridgehead atoms. The summed E-state index contributed by atoms with van der Waals surface area (Å²) in [5.74, 6) is -2.16. The highest BCUT2D eigenvalue weighted by atomic mass is 19.3. The first kappa shape index (κ1) is 22.6. The summed E-state index contributed by atoms with van der Waals surface area (Å²) >= 11 is 0. The first-order chi connectivity index (χ1) is 14.4. The molecule has 2 amide bonds. The van der Waals surface area contributed by atoms with Crippen LogP contribution in [-0.4, -0.2) is 38.9 Å². The van der Waals surface area contributed by atoms with E-state index in [0.717, 1.165) is 0 Å². The Morgan fingerprint density at radius 2 is 1.87 bits per heavy atom. The van der Waals surface area contributed by atoms with Crippen LogP contribution in [0.15, 0.2) is 24.3 Å². The minimum atomic E-state index is -2.67. The third-order valence-corrected chi connectivity index (χ3v) is 5.76. The predicted molar refractivity (Wildman–Crippen MR) is 110 cm³/mol.